The fourth-order valence-electron chi connectivity index (χ4n) is 1.98. The zero-order valence-corrected chi connectivity index (χ0v) is 9.43. The molecule has 1 aromatic heterocycles. The third kappa shape index (κ3) is 2.15. The minimum Gasteiger partial charge on any atom is -0.379 e. The van der Waals surface area contributed by atoms with Crippen molar-refractivity contribution in [2.45, 2.75) is 25.9 Å². The van der Waals surface area contributed by atoms with E-state index in [4.69, 9.17) is 10.5 Å². The van der Waals surface area contributed by atoms with Crippen LogP contribution < -0.4 is 5.73 Å². The first-order valence-electron chi connectivity index (χ1n) is 5.58. The number of hydrogen-bond donors (Lipinski definition) is 1. The SMILES string of the molecule is CCn1ccnc1CC(=O)C1COCC1N. The van der Waals surface area contributed by atoms with Gasteiger partial charge in [0.25, 0.3) is 0 Å². The monoisotopic (exact) mass is 223 g/mol. The maximum atomic E-state index is 12.0. The first-order chi connectivity index (χ1) is 7.72. The van der Waals surface area contributed by atoms with Crippen molar-refractivity contribution >= 4 is 5.78 Å². The zero-order valence-electron chi connectivity index (χ0n) is 9.43. The minimum atomic E-state index is -0.165. The Kier molecular flexibility index (Phi) is 3.36. The molecule has 2 N–H and O–H groups in total. The normalized spacial score (nSPS) is 24.9. The molecule has 0 bridgehead atoms. The molecule has 2 atom stereocenters. The summed E-state index contributed by atoms with van der Waals surface area (Å²) >= 11 is 0. The van der Waals surface area contributed by atoms with Gasteiger partial charge >= 0.3 is 0 Å². The van der Waals surface area contributed by atoms with Crippen LogP contribution in [0.5, 0.6) is 0 Å². The third-order valence-electron chi connectivity index (χ3n) is 3.01. The van der Waals surface area contributed by atoms with Gasteiger partial charge < -0.3 is 15.0 Å². The molecule has 0 radical (unpaired) electrons. The summed E-state index contributed by atoms with van der Waals surface area (Å²) in [5.74, 6) is 0.777. The summed E-state index contributed by atoms with van der Waals surface area (Å²) < 4.78 is 7.16. The smallest absolute Gasteiger partial charge is 0.147 e. The average molecular weight is 223 g/mol. The van der Waals surface area contributed by atoms with E-state index in [1.807, 2.05) is 17.7 Å². The highest BCUT2D eigenvalue weighted by molar-refractivity contribution is 5.83. The molecule has 5 nitrogen and oxygen atoms in total. The average Bonchev–Trinajstić information content (AvgIpc) is 2.86. The summed E-state index contributed by atoms with van der Waals surface area (Å²) in [5, 5.41) is 0. The van der Waals surface area contributed by atoms with Crippen LogP contribution in [0.25, 0.3) is 0 Å². The van der Waals surface area contributed by atoms with Crippen LogP contribution in [0, 0.1) is 5.92 Å². The van der Waals surface area contributed by atoms with Gasteiger partial charge in [-0.05, 0) is 6.92 Å². The summed E-state index contributed by atoms with van der Waals surface area (Å²) in [6, 6.07) is -0.155. The number of imidazole rings is 1. The van der Waals surface area contributed by atoms with E-state index in [0.717, 1.165) is 12.4 Å². The summed E-state index contributed by atoms with van der Waals surface area (Å²) in [7, 11) is 0. The predicted octanol–water partition coefficient (Wildman–Crippen LogP) is -0.0117. The van der Waals surface area contributed by atoms with Crippen LogP contribution in [0.15, 0.2) is 12.4 Å². The van der Waals surface area contributed by atoms with Gasteiger partial charge in [-0.1, -0.05) is 0 Å². The lowest BCUT2D eigenvalue weighted by molar-refractivity contribution is -0.122. The van der Waals surface area contributed by atoms with Gasteiger partial charge in [0, 0.05) is 25.0 Å². The van der Waals surface area contributed by atoms with Crippen molar-refractivity contribution in [2.24, 2.45) is 11.7 Å². The molecular formula is C11H17N3O2. The largest absolute Gasteiger partial charge is 0.379 e. The number of aromatic nitrogens is 2. The minimum absolute atomic E-state index is 0.130. The van der Waals surface area contributed by atoms with Gasteiger partial charge in [-0.2, -0.15) is 0 Å². The molecule has 2 heterocycles. The van der Waals surface area contributed by atoms with Crippen molar-refractivity contribution in [2.75, 3.05) is 13.2 Å². The van der Waals surface area contributed by atoms with Crippen LogP contribution in [-0.4, -0.2) is 34.6 Å². The molecule has 1 fully saturated rings. The second kappa shape index (κ2) is 4.76. The van der Waals surface area contributed by atoms with Crippen LogP contribution in [0.3, 0.4) is 0 Å². The Morgan fingerprint density at radius 2 is 2.50 bits per heavy atom. The Morgan fingerprint density at radius 3 is 3.12 bits per heavy atom. The van der Waals surface area contributed by atoms with Crippen molar-refractivity contribution in [3.63, 3.8) is 0 Å². The number of carbonyl (C=O) groups excluding carboxylic acids is 1. The number of ether oxygens (including phenoxy) is 1. The lowest BCUT2D eigenvalue weighted by Crippen LogP contribution is -2.35. The molecule has 1 saturated heterocycles. The van der Waals surface area contributed by atoms with Crippen molar-refractivity contribution < 1.29 is 9.53 Å². The Balaban J connectivity index is 2.02. The Bertz CT molecular complexity index is 375. The van der Waals surface area contributed by atoms with E-state index in [1.165, 1.54) is 0 Å². The molecule has 0 spiro atoms. The molecule has 2 unspecified atom stereocenters. The molecule has 2 rings (SSSR count). The highest BCUT2D eigenvalue weighted by atomic mass is 16.5. The van der Waals surface area contributed by atoms with E-state index in [9.17, 15) is 4.79 Å². The quantitative estimate of drug-likeness (QED) is 0.779. The molecule has 1 aliphatic heterocycles. The number of nitrogens with zero attached hydrogens (tertiary/aromatic N) is 2. The summed E-state index contributed by atoms with van der Waals surface area (Å²) in [5.41, 5.74) is 5.81. The molecule has 1 aliphatic rings. The number of hydrogen-bond acceptors (Lipinski definition) is 4. The van der Waals surface area contributed by atoms with E-state index in [2.05, 4.69) is 4.98 Å². The molecular weight excluding hydrogens is 206 g/mol. The maximum Gasteiger partial charge on any atom is 0.147 e. The number of carbonyl (C=O) groups is 1. The summed E-state index contributed by atoms with van der Waals surface area (Å²) in [6.07, 6.45) is 3.95. The topological polar surface area (TPSA) is 70.1 Å². The van der Waals surface area contributed by atoms with Crippen molar-refractivity contribution in [3.8, 4) is 0 Å². The maximum absolute atomic E-state index is 12.0. The molecule has 0 saturated carbocycles. The molecule has 5 heteroatoms. The number of Topliss-reactive ketones (excluding diaryl/α,β-unsaturated/α-hetero) is 1. The van der Waals surface area contributed by atoms with Gasteiger partial charge in [0.05, 0.1) is 25.6 Å². The third-order valence-corrected chi connectivity index (χ3v) is 3.01. The van der Waals surface area contributed by atoms with Gasteiger partial charge in [0.2, 0.25) is 0 Å². The zero-order chi connectivity index (χ0) is 11.5. The number of aryl methyl sites for hydroxylation is 1. The Labute approximate surface area is 94.6 Å². The van der Waals surface area contributed by atoms with Crippen molar-refractivity contribution in [3.05, 3.63) is 18.2 Å². The van der Waals surface area contributed by atoms with E-state index in [-0.39, 0.29) is 17.7 Å². The highest BCUT2D eigenvalue weighted by Gasteiger charge is 2.31. The summed E-state index contributed by atoms with van der Waals surface area (Å²) in [4.78, 5) is 16.2. The molecule has 1 aromatic rings. The number of ketones is 1. The van der Waals surface area contributed by atoms with Gasteiger partial charge in [0.15, 0.2) is 0 Å². The number of nitrogens with two attached hydrogens (primary N) is 1. The van der Waals surface area contributed by atoms with Gasteiger partial charge in [-0.15, -0.1) is 0 Å². The van der Waals surface area contributed by atoms with Gasteiger partial charge in [0.1, 0.15) is 11.6 Å². The van der Waals surface area contributed by atoms with Crippen LogP contribution in [0.4, 0.5) is 0 Å². The van der Waals surface area contributed by atoms with Gasteiger partial charge in [-0.25, -0.2) is 4.98 Å². The lowest BCUT2D eigenvalue weighted by Gasteiger charge is -2.11. The predicted molar refractivity (Wildman–Crippen MR) is 58.9 cm³/mol. The fourth-order valence-corrected chi connectivity index (χ4v) is 1.98. The molecule has 0 amide bonds. The van der Waals surface area contributed by atoms with Crippen LogP contribution >= 0.6 is 0 Å². The Hall–Kier alpha value is -1.20. The molecule has 0 aliphatic carbocycles. The molecule has 0 aromatic carbocycles. The van der Waals surface area contributed by atoms with E-state index >= 15 is 0 Å². The molecule has 16 heavy (non-hydrogen) atoms. The first-order valence-corrected chi connectivity index (χ1v) is 5.58. The second-order valence-corrected chi connectivity index (χ2v) is 4.08. The van der Waals surface area contributed by atoms with E-state index in [0.29, 0.717) is 19.6 Å². The number of rotatable bonds is 4. The fraction of sp³-hybridized carbons (Fsp3) is 0.636. The first kappa shape index (κ1) is 11.3. The van der Waals surface area contributed by atoms with Crippen molar-refractivity contribution in [1.29, 1.82) is 0 Å². The van der Waals surface area contributed by atoms with Crippen LogP contribution in [0.2, 0.25) is 0 Å². The molecule has 88 valence electrons. The highest BCUT2D eigenvalue weighted by Crippen LogP contribution is 2.15. The van der Waals surface area contributed by atoms with E-state index in [1.54, 1.807) is 6.20 Å². The van der Waals surface area contributed by atoms with Crippen LogP contribution in [0.1, 0.15) is 12.7 Å². The standard InChI is InChI=1S/C11H17N3O2/c1-2-14-4-3-13-11(14)5-10(15)8-6-16-7-9(8)12/h3-4,8-9H,2,5-7,12H2,1H3. The summed E-state index contributed by atoms with van der Waals surface area (Å²) in [6.45, 7) is 3.79. The van der Waals surface area contributed by atoms with Gasteiger partial charge in [-0.3, -0.25) is 4.79 Å². The second-order valence-electron chi connectivity index (χ2n) is 4.08. The van der Waals surface area contributed by atoms with Crippen molar-refractivity contribution in [1.82, 2.24) is 9.55 Å². The Morgan fingerprint density at radius 1 is 1.69 bits per heavy atom. The van der Waals surface area contributed by atoms with Crippen LogP contribution in [-0.2, 0) is 22.5 Å². The lowest BCUT2D eigenvalue weighted by atomic mass is 9.97. The van der Waals surface area contributed by atoms with E-state index < -0.39 is 0 Å².